The maximum absolute atomic E-state index is 13.5. The summed E-state index contributed by atoms with van der Waals surface area (Å²) in [4.78, 5) is 18.0. The largest absolute Gasteiger partial charge is 0.487 e. The summed E-state index contributed by atoms with van der Waals surface area (Å²) in [7, 11) is 0.150. The molecule has 2 fully saturated rings. The number of anilines is 1. The predicted octanol–water partition coefficient (Wildman–Crippen LogP) is 6.05. The fraction of sp³-hybridized carbons (Fsp3) is 0.595. The fourth-order valence-electron chi connectivity index (χ4n) is 7.38. The highest BCUT2D eigenvalue weighted by molar-refractivity contribution is 7.90. The number of fused-ring (bicyclic) bond motifs is 3. The number of allylic oxidation sites excluding steroid dienone is 1. The number of likely N-dealkylation sites (N-methyl/N-ethyl adjacent to an activating group) is 1. The summed E-state index contributed by atoms with van der Waals surface area (Å²) >= 11 is 6.37. The number of ether oxygens (including phenoxy) is 3. The molecule has 0 aromatic heterocycles. The van der Waals surface area contributed by atoms with Crippen LogP contribution in [0.4, 0.5) is 5.69 Å². The predicted molar refractivity (Wildman–Crippen MR) is 189 cm³/mol. The van der Waals surface area contributed by atoms with Gasteiger partial charge in [-0.05, 0) is 119 Å². The molecule has 1 saturated heterocycles. The number of benzene rings is 2. The second-order valence-electron chi connectivity index (χ2n) is 14.3. The minimum absolute atomic E-state index is 0.0452. The van der Waals surface area contributed by atoms with E-state index in [1.54, 1.807) is 25.1 Å². The third kappa shape index (κ3) is 7.88. The van der Waals surface area contributed by atoms with Gasteiger partial charge in [0.05, 0.1) is 30.2 Å². The van der Waals surface area contributed by atoms with Crippen molar-refractivity contribution in [2.45, 2.75) is 76.6 Å². The zero-order valence-electron chi connectivity index (χ0n) is 28.6. The Hall–Kier alpha value is -2.63. The SMILES string of the molecule is C[C@@H]1[C@@H](C)C/C=C/[C@H]([C@H]2OC[C@H](N(C)C)CO2)[C@@H]2CC[C@H]2CN2CCCCc3cc(Cl)ccc3COc3ccc(cc32)C(=O)NS1(=O)=O. The molecule has 5 atom stereocenters. The Bertz CT molecular complexity index is 1590. The van der Waals surface area contributed by atoms with E-state index in [4.69, 9.17) is 25.8 Å². The van der Waals surface area contributed by atoms with Crippen LogP contribution in [-0.4, -0.2) is 77.2 Å². The Morgan fingerprint density at radius 3 is 2.52 bits per heavy atom. The van der Waals surface area contributed by atoms with E-state index in [0.29, 0.717) is 54.4 Å². The third-order valence-electron chi connectivity index (χ3n) is 11.0. The number of rotatable bonds is 2. The third-order valence-corrected chi connectivity index (χ3v) is 13.2. The van der Waals surface area contributed by atoms with Gasteiger partial charge in [-0.15, -0.1) is 0 Å². The molecule has 9 nitrogen and oxygen atoms in total. The minimum atomic E-state index is -3.94. The van der Waals surface area contributed by atoms with Crippen LogP contribution < -0.4 is 14.4 Å². The van der Waals surface area contributed by atoms with E-state index >= 15 is 0 Å². The average molecular weight is 700 g/mol. The number of halogens is 1. The Kier molecular flexibility index (Phi) is 11.1. The molecule has 1 saturated carbocycles. The van der Waals surface area contributed by atoms with Crippen molar-refractivity contribution < 1.29 is 27.4 Å². The number of amides is 1. The van der Waals surface area contributed by atoms with Gasteiger partial charge in [-0.1, -0.05) is 36.7 Å². The van der Waals surface area contributed by atoms with Crippen molar-refractivity contribution in [2.24, 2.45) is 23.7 Å². The quantitative estimate of drug-likeness (QED) is 0.379. The van der Waals surface area contributed by atoms with Crippen LogP contribution >= 0.6 is 11.6 Å². The van der Waals surface area contributed by atoms with Gasteiger partial charge in [-0.2, -0.15) is 0 Å². The fourth-order valence-corrected chi connectivity index (χ4v) is 8.86. The molecule has 2 aromatic carbocycles. The minimum Gasteiger partial charge on any atom is -0.487 e. The van der Waals surface area contributed by atoms with E-state index in [9.17, 15) is 13.2 Å². The molecule has 0 radical (unpaired) electrons. The van der Waals surface area contributed by atoms with Gasteiger partial charge in [0.2, 0.25) is 10.0 Å². The van der Waals surface area contributed by atoms with Gasteiger partial charge >= 0.3 is 0 Å². The molecular formula is C37H50ClN3O6S. The lowest BCUT2D eigenvalue weighted by molar-refractivity contribution is -0.230. The van der Waals surface area contributed by atoms with Crippen LogP contribution in [0, 0.1) is 23.7 Å². The number of nitrogens with one attached hydrogen (secondary N) is 1. The highest BCUT2D eigenvalue weighted by Crippen LogP contribution is 2.45. The second kappa shape index (κ2) is 15.1. The molecule has 0 spiro atoms. The smallest absolute Gasteiger partial charge is 0.264 e. The maximum Gasteiger partial charge on any atom is 0.264 e. The molecule has 6 rings (SSSR count). The number of hydrogen-bond donors (Lipinski definition) is 1. The van der Waals surface area contributed by atoms with Crippen LogP contribution in [0.15, 0.2) is 48.6 Å². The van der Waals surface area contributed by atoms with Gasteiger partial charge in [-0.3, -0.25) is 4.79 Å². The van der Waals surface area contributed by atoms with Crippen molar-refractivity contribution >= 4 is 33.2 Å². The van der Waals surface area contributed by atoms with E-state index < -0.39 is 21.2 Å². The van der Waals surface area contributed by atoms with Crippen molar-refractivity contribution in [3.05, 3.63) is 70.3 Å². The van der Waals surface area contributed by atoms with Crippen LogP contribution in [0.25, 0.3) is 0 Å². The van der Waals surface area contributed by atoms with Gasteiger partial charge in [0.25, 0.3) is 5.91 Å². The Labute approximate surface area is 291 Å². The zero-order chi connectivity index (χ0) is 34.0. The van der Waals surface area contributed by atoms with Gasteiger partial charge in [-0.25, -0.2) is 13.1 Å². The monoisotopic (exact) mass is 699 g/mol. The second-order valence-corrected chi connectivity index (χ2v) is 16.8. The number of carbonyl (C=O) groups excluding carboxylic acids is 1. The summed E-state index contributed by atoms with van der Waals surface area (Å²) in [6.45, 7) is 6.73. The molecule has 48 heavy (non-hydrogen) atoms. The Morgan fingerprint density at radius 2 is 1.79 bits per heavy atom. The van der Waals surface area contributed by atoms with Crippen molar-refractivity contribution in [2.75, 3.05) is 45.3 Å². The maximum atomic E-state index is 13.5. The number of aryl methyl sites for hydroxylation is 1. The molecule has 262 valence electrons. The van der Waals surface area contributed by atoms with E-state index in [2.05, 4.69) is 26.7 Å². The molecule has 1 aliphatic carbocycles. The van der Waals surface area contributed by atoms with Crippen molar-refractivity contribution in [3.63, 3.8) is 0 Å². The van der Waals surface area contributed by atoms with E-state index in [1.165, 1.54) is 5.56 Å². The van der Waals surface area contributed by atoms with E-state index in [0.717, 1.165) is 56.4 Å². The first-order chi connectivity index (χ1) is 23.0. The molecule has 1 amide bonds. The number of sulfonamides is 1. The van der Waals surface area contributed by atoms with Crippen molar-refractivity contribution in [1.29, 1.82) is 0 Å². The molecule has 3 aliphatic heterocycles. The van der Waals surface area contributed by atoms with Gasteiger partial charge < -0.3 is 24.0 Å². The summed E-state index contributed by atoms with van der Waals surface area (Å²) in [5.41, 5.74) is 3.37. The molecule has 0 unspecified atom stereocenters. The summed E-state index contributed by atoms with van der Waals surface area (Å²) in [5.74, 6) is 0.599. The molecular weight excluding hydrogens is 650 g/mol. The van der Waals surface area contributed by atoms with Gasteiger partial charge in [0.15, 0.2) is 6.29 Å². The van der Waals surface area contributed by atoms with Gasteiger partial charge in [0.1, 0.15) is 12.4 Å². The average Bonchev–Trinajstić information content (AvgIpc) is 3.08. The van der Waals surface area contributed by atoms with Gasteiger partial charge in [0, 0.05) is 29.6 Å². The Morgan fingerprint density at radius 1 is 1.00 bits per heavy atom. The summed E-state index contributed by atoms with van der Waals surface area (Å²) in [5, 5.41) is -0.0580. The Balaban J connectivity index is 1.36. The number of nitrogens with zero attached hydrogens (tertiary/aromatic N) is 2. The first-order valence-electron chi connectivity index (χ1n) is 17.4. The first-order valence-corrected chi connectivity index (χ1v) is 19.3. The van der Waals surface area contributed by atoms with Crippen molar-refractivity contribution in [1.82, 2.24) is 9.62 Å². The molecule has 4 aliphatic rings. The van der Waals surface area contributed by atoms with E-state index in [1.807, 2.05) is 39.2 Å². The van der Waals surface area contributed by atoms with Crippen LogP contribution in [0.2, 0.25) is 5.02 Å². The van der Waals surface area contributed by atoms with Crippen LogP contribution in [0.3, 0.4) is 0 Å². The normalized spacial score (nSPS) is 32.0. The summed E-state index contributed by atoms with van der Waals surface area (Å²) in [6, 6.07) is 11.4. The summed E-state index contributed by atoms with van der Waals surface area (Å²) in [6.07, 6.45) is 9.48. The van der Waals surface area contributed by atoms with Crippen LogP contribution in [0.5, 0.6) is 5.75 Å². The highest BCUT2D eigenvalue weighted by atomic mass is 35.5. The molecule has 3 heterocycles. The lowest BCUT2D eigenvalue weighted by Crippen LogP contribution is -2.50. The lowest BCUT2D eigenvalue weighted by atomic mass is 9.66. The highest BCUT2D eigenvalue weighted by Gasteiger charge is 2.43. The van der Waals surface area contributed by atoms with E-state index in [-0.39, 0.29) is 24.2 Å². The zero-order valence-corrected chi connectivity index (χ0v) is 30.1. The number of hydrogen-bond acceptors (Lipinski definition) is 8. The van der Waals surface area contributed by atoms with Crippen molar-refractivity contribution in [3.8, 4) is 5.75 Å². The molecule has 1 N–H and O–H groups in total. The first kappa shape index (κ1) is 35.2. The van der Waals surface area contributed by atoms with Crippen LogP contribution in [0.1, 0.15) is 67.4 Å². The lowest BCUT2D eigenvalue weighted by Gasteiger charge is -2.47. The molecule has 11 heteroatoms. The standard InChI is InChI=1S/C37H50ClN3O6S/c1-24-8-7-10-33(37-46-22-31(23-47-37)40(3)4)32-15-12-28(32)20-41-17-6-5-9-26-18-30(38)14-11-29(26)21-45-35-16-13-27(19-34(35)41)36(42)39-48(43,44)25(24)2/h7,10-11,13-14,16,18-19,24-25,28,31-33,37H,5-6,8-9,12,15,17,20-23H2,1-4H3,(H,39,42)/b10-7+/t24-,25+,28-,31-,32+,33-,37-/m0/s1. The summed E-state index contributed by atoms with van der Waals surface area (Å²) < 4.78 is 48.5. The number of carbonyl (C=O) groups is 1. The van der Waals surface area contributed by atoms with Crippen LogP contribution in [-0.2, 0) is 32.5 Å². The topological polar surface area (TPSA) is 97.4 Å². The molecule has 2 aromatic rings. The molecule has 2 bridgehead atoms.